The summed E-state index contributed by atoms with van der Waals surface area (Å²) in [4.78, 5) is 0. The van der Waals surface area contributed by atoms with Gasteiger partial charge in [0.15, 0.2) is 0 Å². The summed E-state index contributed by atoms with van der Waals surface area (Å²) < 4.78 is 8.16. The molecular formula is C19H19Cl2N3O. The maximum Gasteiger partial charge on any atom is 0.258 e. The molecule has 0 N–H and O–H groups in total. The van der Waals surface area contributed by atoms with Crippen molar-refractivity contribution in [2.45, 2.75) is 33.9 Å². The van der Waals surface area contributed by atoms with Gasteiger partial charge in [-0.2, -0.15) is 5.10 Å². The Morgan fingerprint density at radius 1 is 1.24 bits per heavy atom. The second-order valence-corrected chi connectivity index (χ2v) is 6.67. The quantitative estimate of drug-likeness (QED) is 0.551. The van der Waals surface area contributed by atoms with Gasteiger partial charge in [-0.15, -0.1) is 5.10 Å². The second kappa shape index (κ2) is 7.46. The maximum absolute atomic E-state index is 6.23. The molecule has 0 aliphatic heterocycles. The zero-order chi connectivity index (χ0) is 18.0. The lowest BCUT2D eigenvalue weighted by Crippen LogP contribution is -2.04. The Kier molecular flexibility index (Phi) is 5.30. The summed E-state index contributed by atoms with van der Waals surface area (Å²) in [5, 5.41) is 10.5. The molecule has 6 heteroatoms. The highest BCUT2D eigenvalue weighted by Gasteiger charge is 2.16. The molecule has 0 spiro atoms. The lowest BCUT2D eigenvalue weighted by molar-refractivity contribution is 0.293. The van der Waals surface area contributed by atoms with Crippen molar-refractivity contribution in [1.29, 1.82) is 0 Å². The van der Waals surface area contributed by atoms with E-state index in [0.717, 1.165) is 23.0 Å². The number of hydrogen-bond acceptors (Lipinski definition) is 3. The van der Waals surface area contributed by atoms with E-state index in [9.17, 15) is 0 Å². The Hall–Kier alpha value is -2.04. The highest BCUT2D eigenvalue weighted by molar-refractivity contribution is 6.35. The molecule has 1 aromatic carbocycles. The van der Waals surface area contributed by atoms with E-state index in [0.29, 0.717) is 22.5 Å². The average molecular weight is 376 g/mol. The molecule has 4 nitrogen and oxygen atoms in total. The summed E-state index contributed by atoms with van der Waals surface area (Å²) in [5.74, 6) is 0.504. The molecule has 2 heterocycles. The van der Waals surface area contributed by atoms with E-state index in [1.807, 2.05) is 19.1 Å². The van der Waals surface area contributed by atoms with Crippen molar-refractivity contribution in [2.75, 3.05) is 0 Å². The van der Waals surface area contributed by atoms with E-state index >= 15 is 0 Å². The highest BCUT2D eigenvalue weighted by Crippen LogP contribution is 2.31. The van der Waals surface area contributed by atoms with Crippen molar-refractivity contribution in [3.05, 3.63) is 63.4 Å². The monoisotopic (exact) mass is 375 g/mol. The van der Waals surface area contributed by atoms with Crippen LogP contribution in [-0.2, 0) is 13.2 Å². The first kappa shape index (κ1) is 17.8. The van der Waals surface area contributed by atoms with Gasteiger partial charge in [0.25, 0.3) is 5.88 Å². The van der Waals surface area contributed by atoms with E-state index in [-0.39, 0.29) is 0 Å². The third-order valence-electron chi connectivity index (χ3n) is 4.32. The van der Waals surface area contributed by atoms with Gasteiger partial charge in [0.1, 0.15) is 12.1 Å². The van der Waals surface area contributed by atoms with E-state index in [1.165, 1.54) is 11.3 Å². The molecule has 130 valence electrons. The molecule has 3 rings (SSSR count). The van der Waals surface area contributed by atoms with Gasteiger partial charge in [0.05, 0.1) is 6.20 Å². The van der Waals surface area contributed by atoms with Crippen LogP contribution in [0, 0.1) is 13.8 Å². The molecule has 0 bridgehead atoms. The van der Waals surface area contributed by atoms with Crippen LogP contribution in [0.25, 0.3) is 10.9 Å². The van der Waals surface area contributed by atoms with Gasteiger partial charge >= 0.3 is 0 Å². The summed E-state index contributed by atoms with van der Waals surface area (Å²) in [6.07, 6.45) is 5.92. The Balaban J connectivity index is 1.99. The minimum Gasteiger partial charge on any atom is -0.470 e. The summed E-state index contributed by atoms with van der Waals surface area (Å²) in [6.45, 7) is 7.25. The van der Waals surface area contributed by atoms with Gasteiger partial charge in [0.2, 0.25) is 0 Å². The number of aromatic nitrogens is 3. The molecule has 0 aliphatic rings. The molecule has 0 saturated heterocycles. The minimum atomic E-state index is 0.302. The largest absolute Gasteiger partial charge is 0.470 e. The molecule has 0 radical (unpaired) electrons. The van der Waals surface area contributed by atoms with Crippen LogP contribution in [0.3, 0.4) is 0 Å². The smallest absolute Gasteiger partial charge is 0.258 e. The number of nitrogens with zero attached hydrogens (tertiary/aromatic N) is 3. The van der Waals surface area contributed by atoms with Crippen LogP contribution < -0.4 is 4.74 Å². The number of halogens is 2. The van der Waals surface area contributed by atoms with E-state index in [1.54, 1.807) is 18.3 Å². The zero-order valence-corrected chi connectivity index (χ0v) is 15.9. The highest BCUT2D eigenvalue weighted by atomic mass is 35.5. The topological polar surface area (TPSA) is 39.9 Å². The Morgan fingerprint density at radius 2 is 2.04 bits per heavy atom. The summed E-state index contributed by atoms with van der Waals surface area (Å²) in [7, 11) is 0. The van der Waals surface area contributed by atoms with Gasteiger partial charge in [-0.3, -0.25) is 0 Å². The Morgan fingerprint density at radius 3 is 2.76 bits per heavy atom. The van der Waals surface area contributed by atoms with Gasteiger partial charge in [-0.1, -0.05) is 41.4 Å². The predicted molar refractivity (Wildman–Crippen MR) is 103 cm³/mol. The summed E-state index contributed by atoms with van der Waals surface area (Å²) >= 11 is 12.2. The van der Waals surface area contributed by atoms with Crippen molar-refractivity contribution in [3.63, 3.8) is 0 Å². The van der Waals surface area contributed by atoms with Crippen molar-refractivity contribution >= 4 is 34.1 Å². The number of benzene rings is 1. The SMILES string of the molecule is CC=CCn1c(C)c(C)c2cnnc(OCc3ccc(Cl)cc3Cl)c21. The van der Waals surface area contributed by atoms with Crippen LogP contribution in [0.15, 0.2) is 36.5 Å². The fraction of sp³-hybridized carbons (Fsp3) is 0.263. The minimum absolute atomic E-state index is 0.302. The van der Waals surface area contributed by atoms with Gasteiger partial charge in [0, 0.05) is 33.2 Å². The number of rotatable bonds is 5. The van der Waals surface area contributed by atoms with Crippen LogP contribution in [0.5, 0.6) is 5.88 Å². The molecule has 0 amide bonds. The molecule has 25 heavy (non-hydrogen) atoms. The molecule has 3 aromatic rings. The van der Waals surface area contributed by atoms with Gasteiger partial charge in [-0.05, 0) is 38.5 Å². The number of ether oxygens (including phenoxy) is 1. The molecule has 0 aliphatic carbocycles. The van der Waals surface area contributed by atoms with Crippen molar-refractivity contribution < 1.29 is 4.74 Å². The second-order valence-electron chi connectivity index (χ2n) is 5.83. The molecule has 0 saturated carbocycles. The lowest BCUT2D eigenvalue weighted by atomic mass is 10.2. The first-order chi connectivity index (χ1) is 12.0. The average Bonchev–Trinajstić information content (AvgIpc) is 2.84. The fourth-order valence-corrected chi connectivity index (χ4v) is 3.25. The normalized spacial score (nSPS) is 11.6. The van der Waals surface area contributed by atoms with Crippen LogP contribution >= 0.6 is 23.2 Å². The van der Waals surface area contributed by atoms with Crippen LogP contribution in [0.4, 0.5) is 0 Å². The molecular weight excluding hydrogens is 357 g/mol. The first-order valence-electron chi connectivity index (χ1n) is 8.02. The third kappa shape index (κ3) is 3.51. The van der Waals surface area contributed by atoms with Gasteiger partial charge in [-0.25, -0.2) is 0 Å². The molecule has 0 fully saturated rings. The Labute approximate surface area is 157 Å². The van der Waals surface area contributed by atoms with Crippen molar-refractivity contribution in [1.82, 2.24) is 14.8 Å². The number of fused-ring (bicyclic) bond motifs is 1. The molecule has 0 unspecified atom stereocenters. The maximum atomic E-state index is 6.23. The number of allylic oxidation sites excluding steroid dienone is 2. The van der Waals surface area contributed by atoms with Crippen LogP contribution in [0.2, 0.25) is 10.0 Å². The van der Waals surface area contributed by atoms with E-state index < -0.39 is 0 Å². The van der Waals surface area contributed by atoms with Crippen LogP contribution in [0.1, 0.15) is 23.7 Å². The summed E-state index contributed by atoms with van der Waals surface area (Å²) in [5.41, 5.74) is 4.17. The van der Waals surface area contributed by atoms with E-state index in [4.69, 9.17) is 27.9 Å². The van der Waals surface area contributed by atoms with Crippen LogP contribution in [-0.4, -0.2) is 14.8 Å². The Bertz CT molecular complexity index is 947. The third-order valence-corrected chi connectivity index (χ3v) is 4.90. The lowest BCUT2D eigenvalue weighted by Gasteiger charge is -2.10. The van der Waals surface area contributed by atoms with Crippen molar-refractivity contribution in [2.24, 2.45) is 0 Å². The fourth-order valence-electron chi connectivity index (χ4n) is 2.78. The van der Waals surface area contributed by atoms with Crippen molar-refractivity contribution in [3.8, 4) is 5.88 Å². The van der Waals surface area contributed by atoms with E-state index in [2.05, 4.69) is 34.7 Å². The number of aryl methyl sites for hydroxylation is 1. The molecule has 2 aromatic heterocycles. The summed E-state index contributed by atoms with van der Waals surface area (Å²) in [6, 6.07) is 5.35. The standard InChI is InChI=1S/C19H19Cl2N3O/c1-4-5-8-24-13(3)12(2)16-10-22-23-19(18(16)24)25-11-14-6-7-15(20)9-17(14)21/h4-7,9-10H,8,11H2,1-3H3. The number of hydrogen-bond donors (Lipinski definition) is 0. The van der Waals surface area contributed by atoms with Gasteiger partial charge < -0.3 is 9.30 Å². The molecule has 0 atom stereocenters. The predicted octanol–water partition coefficient (Wildman–Crippen LogP) is 5.51. The zero-order valence-electron chi connectivity index (χ0n) is 14.4. The first-order valence-corrected chi connectivity index (χ1v) is 8.77.